The smallest absolute Gasteiger partial charge is 0.326 e. The minimum Gasteiger partial charge on any atom is -0.508 e. The number of phenolic OH excluding ortho intramolecular Hbond substituents is 1. The maximum Gasteiger partial charge on any atom is 0.326 e. The molecule has 1 aromatic carbocycles. The highest BCUT2D eigenvalue weighted by molar-refractivity contribution is 5.94. The number of hydrogen-bond donors (Lipinski definition) is 9. The molecule has 15 heteroatoms. The van der Waals surface area contributed by atoms with Crippen molar-refractivity contribution in [3.8, 4) is 5.75 Å². The van der Waals surface area contributed by atoms with E-state index in [0.717, 1.165) is 0 Å². The van der Waals surface area contributed by atoms with Crippen LogP contribution in [0.2, 0.25) is 0 Å². The number of carboxylic acids is 2. The first-order chi connectivity index (χ1) is 18.4. The van der Waals surface area contributed by atoms with Crippen molar-refractivity contribution in [1.29, 1.82) is 0 Å². The highest BCUT2D eigenvalue weighted by atomic mass is 16.4. The summed E-state index contributed by atoms with van der Waals surface area (Å²) in [5.74, 6) is -5.24. The molecule has 0 bridgehead atoms. The van der Waals surface area contributed by atoms with Gasteiger partial charge in [0.15, 0.2) is 0 Å². The lowest BCUT2D eigenvalue weighted by molar-refractivity contribution is -0.143. The van der Waals surface area contributed by atoms with E-state index in [-0.39, 0.29) is 31.4 Å². The summed E-state index contributed by atoms with van der Waals surface area (Å²) in [4.78, 5) is 67.7. The standard InChI is InChI=1S/C24H32N6O9/c1-12(31)20(23(37)29-18(24(38)39)8-13-2-4-15(32)5-3-13)30-22(36)17(9-14-10-26-11-27-14)28-21(35)16(25)6-7-19(33)34/h2-5,10-12,16-18,20,31-32H,6-9,25H2,1H3,(H,26,27)(H,28,35)(H,29,37)(H,30,36)(H,33,34)(H,38,39). The summed E-state index contributed by atoms with van der Waals surface area (Å²) in [5.41, 5.74) is 6.68. The van der Waals surface area contributed by atoms with Gasteiger partial charge in [0.1, 0.15) is 23.9 Å². The van der Waals surface area contributed by atoms with Crippen LogP contribution in [0.4, 0.5) is 0 Å². The van der Waals surface area contributed by atoms with Crippen LogP contribution < -0.4 is 21.7 Å². The number of benzene rings is 1. The number of aliphatic hydroxyl groups is 1. The lowest BCUT2D eigenvalue weighted by Crippen LogP contribution is -2.60. The van der Waals surface area contributed by atoms with Crippen LogP contribution in [-0.2, 0) is 36.8 Å². The number of aliphatic hydroxyl groups excluding tert-OH is 1. The quantitative estimate of drug-likeness (QED) is 0.118. The van der Waals surface area contributed by atoms with Crippen molar-refractivity contribution < 1.29 is 44.4 Å². The molecule has 15 nitrogen and oxygen atoms in total. The third kappa shape index (κ3) is 10.1. The number of nitrogens with two attached hydrogens (primary N) is 1. The number of aromatic nitrogens is 2. The fourth-order valence-corrected chi connectivity index (χ4v) is 3.50. The van der Waals surface area contributed by atoms with Gasteiger partial charge in [-0.25, -0.2) is 9.78 Å². The number of amides is 3. The fraction of sp³-hybridized carbons (Fsp3) is 0.417. The first-order valence-corrected chi connectivity index (χ1v) is 11.9. The first-order valence-electron chi connectivity index (χ1n) is 11.9. The number of imidazole rings is 1. The van der Waals surface area contributed by atoms with Crippen molar-refractivity contribution in [3.05, 3.63) is 48.0 Å². The van der Waals surface area contributed by atoms with Crippen molar-refractivity contribution in [1.82, 2.24) is 25.9 Å². The molecule has 5 unspecified atom stereocenters. The van der Waals surface area contributed by atoms with Crippen LogP contribution in [-0.4, -0.2) is 90.3 Å². The van der Waals surface area contributed by atoms with Gasteiger partial charge in [-0.15, -0.1) is 0 Å². The van der Waals surface area contributed by atoms with Gasteiger partial charge >= 0.3 is 11.9 Å². The van der Waals surface area contributed by atoms with Crippen LogP contribution in [0.5, 0.6) is 5.75 Å². The molecular weight excluding hydrogens is 516 g/mol. The molecule has 2 aromatic rings. The Kier molecular flexibility index (Phi) is 11.4. The molecule has 3 amide bonds. The van der Waals surface area contributed by atoms with Gasteiger partial charge in [-0.3, -0.25) is 19.2 Å². The van der Waals surface area contributed by atoms with E-state index in [2.05, 4.69) is 25.9 Å². The van der Waals surface area contributed by atoms with Crippen LogP contribution >= 0.6 is 0 Å². The molecule has 39 heavy (non-hydrogen) atoms. The number of hydrogen-bond acceptors (Lipinski definition) is 9. The molecule has 0 saturated carbocycles. The van der Waals surface area contributed by atoms with Crippen molar-refractivity contribution in [2.24, 2.45) is 5.73 Å². The fourth-order valence-electron chi connectivity index (χ4n) is 3.50. The maximum absolute atomic E-state index is 13.1. The van der Waals surface area contributed by atoms with Gasteiger partial charge in [0.25, 0.3) is 0 Å². The van der Waals surface area contributed by atoms with Gasteiger partial charge < -0.3 is 47.1 Å². The summed E-state index contributed by atoms with van der Waals surface area (Å²) in [6.07, 6.45) is 0.470. The molecule has 2 rings (SSSR count). The number of aromatic amines is 1. The Labute approximate surface area is 222 Å². The highest BCUT2D eigenvalue weighted by Gasteiger charge is 2.33. The Hall–Kier alpha value is -4.50. The number of H-pyrrole nitrogens is 1. The number of carbonyl (C=O) groups is 5. The Balaban J connectivity index is 2.15. The van der Waals surface area contributed by atoms with Crippen LogP contribution in [0.3, 0.4) is 0 Å². The number of aromatic hydroxyl groups is 1. The van der Waals surface area contributed by atoms with Crippen LogP contribution in [0.1, 0.15) is 31.0 Å². The Morgan fingerprint density at radius 3 is 2.13 bits per heavy atom. The summed E-state index contributed by atoms with van der Waals surface area (Å²) >= 11 is 0. The molecule has 0 aliphatic heterocycles. The van der Waals surface area contributed by atoms with E-state index in [9.17, 15) is 39.3 Å². The number of aliphatic carboxylic acids is 2. The molecule has 5 atom stereocenters. The Morgan fingerprint density at radius 1 is 0.949 bits per heavy atom. The van der Waals surface area contributed by atoms with E-state index >= 15 is 0 Å². The van der Waals surface area contributed by atoms with Crippen molar-refractivity contribution in [3.63, 3.8) is 0 Å². The molecule has 10 N–H and O–H groups in total. The number of rotatable bonds is 15. The molecule has 0 aliphatic rings. The van der Waals surface area contributed by atoms with Crippen molar-refractivity contribution in [2.45, 2.75) is 62.9 Å². The number of phenols is 1. The Bertz CT molecular complexity index is 1140. The second-order valence-corrected chi connectivity index (χ2v) is 8.88. The minimum absolute atomic E-state index is 0.0221. The molecule has 212 valence electrons. The van der Waals surface area contributed by atoms with Gasteiger partial charge in [-0.2, -0.15) is 0 Å². The third-order valence-corrected chi connectivity index (χ3v) is 5.67. The van der Waals surface area contributed by atoms with E-state index in [1.54, 1.807) is 0 Å². The van der Waals surface area contributed by atoms with E-state index in [1.807, 2.05) is 0 Å². The van der Waals surface area contributed by atoms with Crippen LogP contribution in [0.15, 0.2) is 36.8 Å². The summed E-state index contributed by atoms with van der Waals surface area (Å²) in [7, 11) is 0. The zero-order chi connectivity index (χ0) is 29.1. The number of nitrogens with zero attached hydrogens (tertiary/aromatic N) is 1. The largest absolute Gasteiger partial charge is 0.508 e. The zero-order valence-corrected chi connectivity index (χ0v) is 21.0. The average Bonchev–Trinajstić information content (AvgIpc) is 3.38. The van der Waals surface area contributed by atoms with Crippen molar-refractivity contribution in [2.75, 3.05) is 0 Å². The predicted molar refractivity (Wildman–Crippen MR) is 134 cm³/mol. The molecule has 0 fully saturated rings. The lowest BCUT2D eigenvalue weighted by Gasteiger charge is -2.26. The Morgan fingerprint density at radius 2 is 1.59 bits per heavy atom. The monoisotopic (exact) mass is 548 g/mol. The van der Waals surface area contributed by atoms with Crippen LogP contribution in [0, 0.1) is 0 Å². The second kappa shape index (κ2) is 14.4. The lowest BCUT2D eigenvalue weighted by atomic mass is 10.0. The normalized spacial score (nSPS) is 14.7. The van der Waals surface area contributed by atoms with E-state index in [4.69, 9.17) is 10.8 Å². The third-order valence-electron chi connectivity index (χ3n) is 5.67. The summed E-state index contributed by atoms with van der Waals surface area (Å²) in [5, 5.41) is 45.0. The molecular formula is C24H32N6O9. The molecule has 0 aliphatic carbocycles. The average molecular weight is 549 g/mol. The second-order valence-electron chi connectivity index (χ2n) is 8.88. The first kappa shape index (κ1) is 30.7. The van der Waals surface area contributed by atoms with Gasteiger partial charge in [-0.1, -0.05) is 12.1 Å². The maximum atomic E-state index is 13.1. The number of nitrogens with one attached hydrogen (secondary N) is 4. The number of carbonyl (C=O) groups excluding carboxylic acids is 3. The molecule has 0 spiro atoms. The highest BCUT2D eigenvalue weighted by Crippen LogP contribution is 2.12. The molecule has 0 saturated heterocycles. The predicted octanol–water partition coefficient (Wildman–Crippen LogP) is -1.99. The zero-order valence-electron chi connectivity index (χ0n) is 21.0. The van der Waals surface area contributed by atoms with Gasteiger partial charge in [0.2, 0.25) is 17.7 Å². The van der Waals surface area contributed by atoms with Gasteiger partial charge in [0.05, 0.1) is 18.5 Å². The van der Waals surface area contributed by atoms with Gasteiger partial charge in [0, 0.05) is 31.2 Å². The van der Waals surface area contributed by atoms with E-state index in [1.165, 1.54) is 43.7 Å². The van der Waals surface area contributed by atoms with E-state index < -0.39 is 59.9 Å². The van der Waals surface area contributed by atoms with Gasteiger partial charge in [-0.05, 0) is 31.0 Å². The van der Waals surface area contributed by atoms with Crippen molar-refractivity contribution >= 4 is 29.7 Å². The summed E-state index contributed by atoms with van der Waals surface area (Å²) in [6.45, 7) is 1.21. The number of carboxylic acid groups (broad SMARTS) is 2. The van der Waals surface area contributed by atoms with E-state index in [0.29, 0.717) is 11.3 Å². The van der Waals surface area contributed by atoms with Crippen LogP contribution in [0.25, 0.3) is 0 Å². The minimum atomic E-state index is -1.60. The SMILES string of the molecule is CC(O)C(NC(=O)C(Cc1cnc[nH]1)NC(=O)C(N)CCC(=O)O)C(=O)NC(Cc1ccc(O)cc1)C(=O)O. The molecule has 1 heterocycles. The summed E-state index contributed by atoms with van der Waals surface area (Å²) in [6, 6.07) is 0.117. The summed E-state index contributed by atoms with van der Waals surface area (Å²) < 4.78 is 0. The molecule has 1 aromatic heterocycles. The topological polar surface area (TPSA) is 257 Å². The molecule has 0 radical (unpaired) electrons.